The van der Waals surface area contributed by atoms with Gasteiger partial charge in [0.25, 0.3) is 11.8 Å². The molecule has 0 atom stereocenters. The first-order valence-corrected chi connectivity index (χ1v) is 8.54. The number of amides is 2. The molecule has 9 nitrogen and oxygen atoms in total. The summed E-state index contributed by atoms with van der Waals surface area (Å²) in [5.41, 5.74) is 0.440. The van der Waals surface area contributed by atoms with E-state index in [1.807, 2.05) is 0 Å². The maximum atomic E-state index is 14.3. The van der Waals surface area contributed by atoms with Gasteiger partial charge in [0, 0.05) is 18.8 Å². The average Bonchev–Trinajstić information content (AvgIpc) is 3.40. The molecule has 2 amide bonds. The Hall–Kier alpha value is -3.53. The maximum absolute atomic E-state index is 14.3. The minimum absolute atomic E-state index is 0.0441. The molecule has 1 fully saturated rings. The minimum Gasteiger partial charge on any atom is -0.446 e. The van der Waals surface area contributed by atoms with E-state index < -0.39 is 11.7 Å². The van der Waals surface area contributed by atoms with E-state index in [-0.39, 0.29) is 28.8 Å². The van der Waals surface area contributed by atoms with Crippen molar-refractivity contribution in [1.82, 2.24) is 19.7 Å². The van der Waals surface area contributed by atoms with E-state index in [2.05, 4.69) is 15.4 Å². The normalized spacial score (nSPS) is 14.1. The van der Waals surface area contributed by atoms with Crippen molar-refractivity contribution in [3.63, 3.8) is 0 Å². The molecule has 1 aliphatic rings. The number of morpholine rings is 1. The Labute approximate surface area is 158 Å². The van der Waals surface area contributed by atoms with E-state index in [0.29, 0.717) is 26.3 Å². The molecule has 1 saturated heterocycles. The van der Waals surface area contributed by atoms with Gasteiger partial charge in [0.2, 0.25) is 0 Å². The van der Waals surface area contributed by atoms with Crippen LogP contribution in [0.4, 0.5) is 10.1 Å². The molecule has 0 saturated carbocycles. The Bertz CT molecular complexity index is 995. The summed E-state index contributed by atoms with van der Waals surface area (Å²) in [5, 5.41) is 6.40. The molecule has 2 aromatic heterocycles. The van der Waals surface area contributed by atoms with E-state index in [1.165, 1.54) is 41.6 Å². The highest BCUT2D eigenvalue weighted by molar-refractivity contribution is 6.03. The van der Waals surface area contributed by atoms with Gasteiger partial charge in [-0.15, -0.1) is 0 Å². The standard InChI is InChI=1S/C18H16FN5O4/c19-13-9-12(1-2-14(13)24-11-20-10-21-24)22-17(25)15-3-4-16(28-15)18(26)23-5-7-27-8-6-23/h1-4,9-11H,5-8H2,(H,22,25). The number of nitrogens with zero attached hydrogens (tertiary/aromatic N) is 4. The van der Waals surface area contributed by atoms with Crippen LogP contribution in [0, 0.1) is 5.82 Å². The van der Waals surface area contributed by atoms with E-state index in [9.17, 15) is 14.0 Å². The second-order valence-electron chi connectivity index (χ2n) is 6.03. The molecule has 1 aliphatic heterocycles. The fourth-order valence-electron chi connectivity index (χ4n) is 2.79. The van der Waals surface area contributed by atoms with Gasteiger partial charge in [0.05, 0.1) is 13.2 Å². The van der Waals surface area contributed by atoms with Crippen LogP contribution in [-0.4, -0.2) is 57.8 Å². The highest BCUT2D eigenvalue weighted by Gasteiger charge is 2.23. The number of carbonyl (C=O) groups excluding carboxylic acids is 2. The van der Waals surface area contributed by atoms with E-state index >= 15 is 0 Å². The molecule has 0 spiro atoms. The Morgan fingerprint density at radius 1 is 1.11 bits per heavy atom. The number of nitrogens with one attached hydrogen (secondary N) is 1. The van der Waals surface area contributed by atoms with Gasteiger partial charge in [-0.3, -0.25) is 9.59 Å². The first-order chi connectivity index (χ1) is 13.6. The summed E-state index contributed by atoms with van der Waals surface area (Å²) in [6, 6.07) is 7.01. The predicted octanol–water partition coefficient (Wildman–Crippen LogP) is 1.72. The van der Waals surface area contributed by atoms with Crippen LogP contribution in [-0.2, 0) is 4.74 Å². The molecular weight excluding hydrogens is 369 g/mol. The largest absolute Gasteiger partial charge is 0.446 e. The van der Waals surface area contributed by atoms with Crippen molar-refractivity contribution in [2.75, 3.05) is 31.6 Å². The number of rotatable bonds is 4. The van der Waals surface area contributed by atoms with E-state index in [4.69, 9.17) is 9.15 Å². The lowest BCUT2D eigenvalue weighted by molar-refractivity contribution is 0.0282. The van der Waals surface area contributed by atoms with Crippen molar-refractivity contribution in [3.05, 3.63) is 60.3 Å². The lowest BCUT2D eigenvalue weighted by atomic mass is 10.2. The molecule has 3 heterocycles. The van der Waals surface area contributed by atoms with Crippen LogP contribution in [0.25, 0.3) is 5.69 Å². The molecule has 1 N–H and O–H groups in total. The van der Waals surface area contributed by atoms with Crippen molar-refractivity contribution >= 4 is 17.5 Å². The van der Waals surface area contributed by atoms with Crippen LogP contribution in [0.5, 0.6) is 0 Å². The number of halogens is 1. The summed E-state index contributed by atoms with van der Waals surface area (Å²) >= 11 is 0. The molecule has 144 valence electrons. The van der Waals surface area contributed by atoms with Crippen molar-refractivity contribution in [1.29, 1.82) is 0 Å². The first kappa shape index (κ1) is 17.9. The number of aromatic nitrogens is 3. The van der Waals surface area contributed by atoms with E-state index in [0.717, 1.165) is 6.07 Å². The number of furan rings is 1. The third kappa shape index (κ3) is 3.62. The minimum atomic E-state index is -0.589. The molecule has 10 heteroatoms. The van der Waals surface area contributed by atoms with Gasteiger partial charge in [-0.2, -0.15) is 5.10 Å². The molecule has 0 bridgehead atoms. The van der Waals surface area contributed by atoms with Gasteiger partial charge in [-0.05, 0) is 30.3 Å². The summed E-state index contributed by atoms with van der Waals surface area (Å²) in [5.74, 6) is -1.44. The number of hydrogen-bond donors (Lipinski definition) is 1. The third-order valence-electron chi connectivity index (χ3n) is 4.21. The van der Waals surface area contributed by atoms with Crippen molar-refractivity contribution in [2.24, 2.45) is 0 Å². The van der Waals surface area contributed by atoms with Gasteiger partial charge in [0.1, 0.15) is 18.3 Å². The Morgan fingerprint density at radius 2 is 1.89 bits per heavy atom. The summed E-state index contributed by atoms with van der Waals surface area (Å²) < 4.78 is 26.1. The van der Waals surface area contributed by atoms with Crippen LogP contribution in [0.15, 0.2) is 47.4 Å². The summed E-state index contributed by atoms with van der Waals surface area (Å²) in [6.07, 6.45) is 2.66. The highest BCUT2D eigenvalue weighted by Crippen LogP contribution is 2.19. The van der Waals surface area contributed by atoms with Crippen LogP contribution in [0.1, 0.15) is 21.1 Å². The van der Waals surface area contributed by atoms with Crippen LogP contribution in [0.2, 0.25) is 0 Å². The van der Waals surface area contributed by atoms with Gasteiger partial charge in [0.15, 0.2) is 17.3 Å². The zero-order valence-corrected chi connectivity index (χ0v) is 14.7. The van der Waals surface area contributed by atoms with Gasteiger partial charge in [-0.25, -0.2) is 14.1 Å². The predicted molar refractivity (Wildman–Crippen MR) is 94.7 cm³/mol. The molecule has 1 aromatic carbocycles. The molecular formula is C18H16FN5O4. The summed E-state index contributed by atoms with van der Waals surface area (Å²) in [4.78, 5) is 30.1. The maximum Gasteiger partial charge on any atom is 0.291 e. The smallest absolute Gasteiger partial charge is 0.291 e. The molecule has 28 heavy (non-hydrogen) atoms. The van der Waals surface area contributed by atoms with E-state index in [1.54, 1.807) is 4.90 Å². The summed E-state index contributed by atoms with van der Waals surface area (Å²) in [6.45, 7) is 1.88. The molecule has 4 rings (SSSR count). The van der Waals surface area contributed by atoms with Gasteiger partial charge in [-0.1, -0.05) is 0 Å². The number of benzene rings is 1. The second kappa shape index (κ2) is 7.61. The fourth-order valence-corrected chi connectivity index (χ4v) is 2.79. The molecule has 0 radical (unpaired) electrons. The number of ether oxygens (including phenoxy) is 1. The van der Waals surface area contributed by atoms with Crippen molar-refractivity contribution < 1.29 is 23.1 Å². The van der Waals surface area contributed by atoms with Gasteiger partial charge >= 0.3 is 0 Å². The monoisotopic (exact) mass is 385 g/mol. The Kier molecular flexibility index (Phi) is 4.85. The zero-order chi connectivity index (χ0) is 19.5. The lowest BCUT2D eigenvalue weighted by Gasteiger charge is -2.25. The molecule has 0 unspecified atom stereocenters. The summed E-state index contributed by atoms with van der Waals surface area (Å²) in [7, 11) is 0. The Balaban J connectivity index is 1.45. The first-order valence-electron chi connectivity index (χ1n) is 8.54. The van der Waals surface area contributed by atoms with Crippen LogP contribution >= 0.6 is 0 Å². The SMILES string of the molecule is O=C(Nc1ccc(-n2cncn2)c(F)c1)c1ccc(C(=O)N2CCOCC2)o1. The van der Waals surface area contributed by atoms with Crippen LogP contribution in [0.3, 0.4) is 0 Å². The number of anilines is 1. The fraction of sp³-hybridized carbons (Fsp3) is 0.222. The molecule has 0 aliphatic carbocycles. The third-order valence-corrected chi connectivity index (χ3v) is 4.21. The Morgan fingerprint density at radius 3 is 2.61 bits per heavy atom. The second-order valence-corrected chi connectivity index (χ2v) is 6.03. The number of hydrogen-bond acceptors (Lipinski definition) is 6. The quantitative estimate of drug-likeness (QED) is 0.734. The lowest BCUT2D eigenvalue weighted by Crippen LogP contribution is -2.40. The molecule has 3 aromatic rings. The average molecular weight is 385 g/mol. The van der Waals surface area contributed by atoms with Crippen LogP contribution < -0.4 is 5.32 Å². The highest BCUT2D eigenvalue weighted by atomic mass is 19.1. The topological polar surface area (TPSA) is 102 Å². The number of carbonyl (C=O) groups is 2. The zero-order valence-electron chi connectivity index (χ0n) is 14.7. The van der Waals surface area contributed by atoms with Gasteiger partial charge < -0.3 is 19.4 Å². The van der Waals surface area contributed by atoms with Crippen molar-refractivity contribution in [2.45, 2.75) is 0 Å². The van der Waals surface area contributed by atoms with Crippen molar-refractivity contribution in [3.8, 4) is 5.69 Å².